The van der Waals surface area contributed by atoms with Gasteiger partial charge in [0.15, 0.2) is 0 Å². The first-order valence-corrected chi connectivity index (χ1v) is 7.70. The van der Waals surface area contributed by atoms with E-state index in [1.807, 2.05) is 13.2 Å². The number of piperidine rings is 1. The van der Waals surface area contributed by atoms with Crippen LogP contribution in [0.5, 0.6) is 0 Å². The van der Waals surface area contributed by atoms with Gasteiger partial charge in [0.2, 0.25) is 0 Å². The third-order valence-corrected chi connectivity index (χ3v) is 4.86. The lowest BCUT2D eigenvalue weighted by atomic mass is 9.75. The maximum absolute atomic E-state index is 4.29. The summed E-state index contributed by atoms with van der Waals surface area (Å²) in [5, 5.41) is 3.12. The minimum Gasteiger partial charge on any atom is -0.373 e. The van der Waals surface area contributed by atoms with Gasteiger partial charge in [-0.05, 0) is 48.9 Å². The number of likely N-dealkylation sites (tertiary alicyclic amines) is 1. The molecule has 3 heteroatoms. The van der Waals surface area contributed by atoms with Crippen LogP contribution in [0, 0.1) is 11.8 Å². The van der Waals surface area contributed by atoms with Crippen molar-refractivity contribution in [2.75, 3.05) is 25.5 Å². The van der Waals surface area contributed by atoms with Crippen LogP contribution in [0.2, 0.25) is 0 Å². The molecule has 3 rings (SSSR count). The van der Waals surface area contributed by atoms with Gasteiger partial charge < -0.3 is 5.32 Å². The largest absolute Gasteiger partial charge is 0.373 e. The fourth-order valence-corrected chi connectivity index (χ4v) is 3.79. The van der Waals surface area contributed by atoms with Crippen LogP contribution in [0.25, 0.3) is 0 Å². The number of rotatable bonds is 3. The lowest BCUT2D eigenvalue weighted by Gasteiger charge is -2.41. The van der Waals surface area contributed by atoms with Crippen molar-refractivity contribution >= 4 is 5.82 Å². The van der Waals surface area contributed by atoms with Crippen molar-refractivity contribution in [3.8, 4) is 0 Å². The highest BCUT2D eigenvalue weighted by molar-refractivity contribution is 5.36. The van der Waals surface area contributed by atoms with Crippen LogP contribution < -0.4 is 5.32 Å². The minimum absolute atomic E-state index is 0.966. The predicted molar refractivity (Wildman–Crippen MR) is 79.1 cm³/mol. The molecule has 2 heterocycles. The molecule has 19 heavy (non-hydrogen) atoms. The summed E-state index contributed by atoms with van der Waals surface area (Å²) in [6.45, 7) is 3.67. The normalized spacial score (nSPS) is 27.8. The highest BCUT2D eigenvalue weighted by Gasteiger charge is 2.30. The summed E-state index contributed by atoms with van der Waals surface area (Å²) in [6.07, 6.45) is 9.19. The van der Waals surface area contributed by atoms with Gasteiger partial charge in [0.1, 0.15) is 5.82 Å². The molecule has 2 unspecified atom stereocenters. The Hall–Kier alpha value is -1.09. The Kier molecular flexibility index (Phi) is 4.02. The van der Waals surface area contributed by atoms with Crippen molar-refractivity contribution in [1.82, 2.24) is 9.88 Å². The molecule has 1 aliphatic carbocycles. The van der Waals surface area contributed by atoms with Crippen LogP contribution in [-0.4, -0.2) is 30.0 Å². The number of fused-ring (bicyclic) bond motifs is 1. The van der Waals surface area contributed by atoms with Crippen LogP contribution in [0.1, 0.15) is 37.7 Å². The van der Waals surface area contributed by atoms with E-state index in [1.165, 1.54) is 50.8 Å². The molecule has 0 spiro atoms. The molecular weight excluding hydrogens is 234 g/mol. The summed E-state index contributed by atoms with van der Waals surface area (Å²) >= 11 is 0. The van der Waals surface area contributed by atoms with Crippen LogP contribution in [0.4, 0.5) is 5.82 Å². The van der Waals surface area contributed by atoms with Crippen molar-refractivity contribution in [3.05, 3.63) is 23.9 Å². The average molecular weight is 259 g/mol. The van der Waals surface area contributed by atoms with Crippen LogP contribution in [0.3, 0.4) is 0 Å². The SMILES string of the molecule is CNc1cc(CN2CCC3CCCCC3C2)ccn1. The summed E-state index contributed by atoms with van der Waals surface area (Å²) < 4.78 is 0. The highest BCUT2D eigenvalue weighted by Crippen LogP contribution is 2.36. The summed E-state index contributed by atoms with van der Waals surface area (Å²) in [6, 6.07) is 4.32. The van der Waals surface area contributed by atoms with E-state index in [4.69, 9.17) is 0 Å². The molecule has 0 bridgehead atoms. The first-order chi connectivity index (χ1) is 9.35. The number of anilines is 1. The third kappa shape index (κ3) is 3.08. The molecule has 2 fully saturated rings. The lowest BCUT2D eigenvalue weighted by Crippen LogP contribution is -2.41. The molecule has 2 aliphatic rings. The number of nitrogens with one attached hydrogen (secondary N) is 1. The van der Waals surface area contributed by atoms with Gasteiger partial charge in [-0.15, -0.1) is 0 Å². The van der Waals surface area contributed by atoms with E-state index in [2.05, 4.69) is 27.3 Å². The van der Waals surface area contributed by atoms with E-state index in [0.29, 0.717) is 0 Å². The standard InChI is InChI=1S/C16H25N3/c1-17-16-10-13(6-8-18-16)11-19-9-7-14-4-2-3-5-15(14)12-19/h6,8,10,14-15H,2-5,7,9,11-12H2,1H3,(H,17,18). The number of nitrogens with zero attached hydrogens (tertiary/aromatic N) is 2. The zero-order valence-electron chi connectivity index (χ0n) is 11.9. The number of pyridine rings is 1. The summed E-state index contributed by atoms with van der Waals surface area (Å²) in [5.41, 5.74) is 1.38. The van der Waals surface area contributed by atoms with Crippen molar-refractivity contribution in [2.45, 2.75) is 38.6 Å². The zero-order chi connectivity index (χ0) is 13.1. The van der Waals surface area contributed by atoms with E-state index in [1.54, 1.807) is 0 Å². The Morgan fingerprint density at radius 1 is 1.26 bits per heavy atom. The van der Waals surface area contributed by atoms with Crippen molar-refractivity contribution in [1.29, 1.82) is 0 Å². The molecule has 0 aromatic carbocycles. The average Bonchev–Trinajstić information content (AvgIpc) is 2.47. The van der Waals surface area contributed by atoms with Gasteiger partial charge in [0, 0.05) is 26.3 Å². The predicted octanol–water partition coefficient (Wildman–Crippen LogP) is 3.14. The molecule has 1 aromatic heterocycles. The van der Waals surface area contributed by atoms with Crippen LogP contribution >= 0.6 is 0 Å². The van der Waals surface area contributed by atoms with Gasteiger partial charge in [-0.2, -0.15) is 0 Å². The summed E-state index contributed by atoms with van der Waals surface area (Å²) in [5.74, 6) is 2.97. The number of hydrogen-bond acceptors (Lipinski definition) is 3. The number of aromatic nitrogens is 1. The fraction of sp³-hybridized carbons (Fsp3) is 0.688. The van der Waals surface area contributed by atoms with Gasteiger partial charge in [0.25, 0.3) is 0 Å². The molecule has 1 N–H and O–H groups in total. The first kappa shape index (κ1) is 12.9. The van der Waals surface area contributed by atoms with Crippen molar-refractivity contribution < 1.29 is 0 Å². The molecule has 3 nitrogen and oxygen atoms in total. The summed E-state index contributed by atoms with van der Waals surface area (Å²) in [4.78, 5) is 6.93. The second-order valence-corrected chi connectivity index (χ2v) is 6.13. The summed E-state index contributed by atoms with van der Waals surface area (Å²) in [7, 11) is 1.93. The van der Waals surface area contributed by atoms with Gasteiger partial charge in [-0.3, -0.25) is 4.90 Å². The Morgan fingerprint density at radius 2 is 2.11 bits per heavy atom. The fourth-order valence-electron chi connectivity index (χ4n) is 3.79. The second kappa shape index (κ2) is 5.91. The smallest absolute Gasteiger partial charge is 0.125 e. The van der Waals surface area contributed by atoms with E-state index >= 15 is 0 Å². The number of hydrogen-bond donors (Lipinski definition) is 1. The second-order valence-electron chi connectivity index (χ2n) is 6.13. The maximum atomic E-state index is 4.29. The Labute approximate surface area is 116 Å². The monoisotopic (exact) mass is 259 g/mol. The van der Waals surface area contributed by atoms with E-state index in [0.717, 1.165) is 24.2 Å². The quantitative estimate of drug-likeness (QED) is 0.904. The molecule has 0 amide bonds. The Bertz CT molecular complexity index is 418. The van der Waals surface area contributed by atoms with Crippen LogP contribution in [0.15, 0.2) is 18.3 Å². The van der Waals surface area contributed by atoms with Crippen molar-refractivity contribution in [2.24, 2.45) is 11.8 Å². The van der Waals surface area contributed by atoms with Gasteiger partial charge in [0.05, 0.1) is 0 Å². The maximum Gasteiger partial charge on any atom is 0.125 e. The topological polar surface area (TPSA) is 28.2 Å². The van der Waals surface area contributed by atoms with E-state index in [9.17, 15) is 0 Å². The Balaban J connectivity index is 1.60. The van der Waals surface area contributed by atoms with Gasteiger partial charge in [-0.1, -0.05) is 19.3 Å². The minimum atomic E-state index is 0.966. The zero-order valence-corrected chi connectivity index (χ0v) is 11.9. The Morgan fingerprint density at radius 3 is 2.95 bits per heavy atom. The molecular formula is C16H25N3. The van der Waals surface area contributed by atoms with E-state index in [-0.39, 0.29) is 0 Å². The van der Waals surface area contributed by atoms with Gasteiger partial charge >= 0.3 is 0 Å². The lowest BCUT2D eigenvalue weighted by molar-refractivity contribution is 0.0820. The van der Waals surface area contributed by atoms with Crippen molar-refractivity contribution in [3.63, 3.8) is 0 Å². The van der Waals surface area contributed by atoms with E-state index < -0.39 is 0 Å². The molecule has 1 aliphatic heterocycles. The highest BCUT2D eigenvalue weighted by atomic mass is 15.1. The first-order valence-electron chi connectivity index (χ1n) is 7.70. The molecule has 1 saturated carbocycles. The van der Waals surface area contributed by atoms with Crippen LogP contribution in [-0.2, 0) is 6.54 Å². The third-order valence-electron chi connectivity index (χ3n) is 4.86. The molecule has 2 atom stereocenters. The molecule has 1 saturated heterocycles. The molecule has 104 valence electrons. The molecule has 1 aromatic rings. The van der Waals surface area contributed by atoms with Gasteiger partial charge in [-0.25, -0.2) is 4.98 Å². The molecule has 0 radical (unpaired) electrons.